The molecule has 0 aromatic carbocycles. The molecule has 0 aromatic rings. The van der Waals surface area contributed by atoms with Crippen LogP contribution < -0.4 is 5.73 Å². The molecule has 0 saturated heterocycles. The van der Waals surface area contributed by atoms with Crippen LogP contribution in [0.5, 0.6) is 0 Å². The van der Waals surface area contributed by atoms with Gasteiger partial charge < -0.3 is 10.8 Å². The lowest BCUT2D eigenvalue weighted by Gasteiger charge is -2.02. The molecular weight excluding hydrogens is 96.0 g/mol. The van der Waals surface area contributed by atoms with Gasteiger partial charge in [0.1, 0.15) is 0 Å². The van der Waals surface area contributed by atoms with E-state index in [1.165, 1.54) is 6.92 Å². The van der Waals surface area contributed by atoms with E-state index >= 15 is 0 Å². The Balaban J connectivity index is 3.33. The summed E-state index contributed by atoms with van der Waals surface area (Å²) in [5, 5.41) is 10.8. The first-order valence-corrected chi connectivity index (χ1v) is 1.94. The summed E-state index contributed by atoms with van der Waals surface area (Å²) in [7, 11) is 0. The Hall–Kier alpha value is -0.480. The van der Waals surface area contributed by atoms with Gasteiger partial charge in [0.15, 0.2) is 6.17 Å². The van der Waals surface area contributed by atoms with Crippen molar-refractivity contribution in [2.24, 2.45) is 10.9 Å². The van der Waals surface area contributed by atoms with Crippen molar-refractivity contribution in [3.05, 3.63) is 4.91 Å². The van der Waals surface area contributed by atoms with E-state index in [-0.39, 0.29) is 0 Å². The Morgan fingerprint density at radius 1 is 1.86 bits per heavy atom. The maximum Gasteiger partial charge on any atom is 0.165 e. The summed E-state index contributed by atoms with van der Waals surface area (Å²) >= 11 is 0. The van der Waals surface area contributed by atoms with Gasteiger partial charge in [-0.15, -0.1) is 4.91 Å². The maximum absolute atomic E-state index is 9.41. The number of aliphatic hydroxyl groups is 1. The van der Waals surface area contributed by atoms with E-state index in [1.54, 1.807) is 0 Å². The summed E-state index contributed by atoms with van der Waals surface area (Å²) in [5.41, 5.74) is 4.89. The first kappa shape index (κ1) is 6.52. The zero-order chi connectivity index (χ0) is 5.86. The summed E-state index contributed by atoms with van der Waals surface area (Å²) in [6, 6.07) is 0. The summed E-state index contributed by atoms with van der Waals surface area (Å²) in [6.07, 6.45) is -1.81. The average Bonchev–Trinajstić information content (AvgIpc) is 1.65. The SMILES string of the molecule is CC(O)[C@H](N)N=O. The lowest BCUT2D eigenvalue weighted by Crippen LogP contribution is -2.29. The van der Waals surface area contributed by atoms with Crippen LogP contribution >= 0.6 is 0 Å². The molecule has 0 aliphatic carbocycles. The molecule has 0 amide bonds. The molecule has 0 rings (SSSR count). The number of nitrogens with two attached hydrogens (primary N) is 1. The van der Waals surface area contributed by atoms with Gasteiger partial charge in [-0.3, -0.25) is 0 Å². The Morgan fingerprint density at radius 2 is 2.29 bits per heavy atom. The molecule has 0 heterocycles. The predicted octanol–water partition coefficient (Wildman–Crippen LogP) is -0.582. The highest BCUT2D eigenvalue weighted by Gasteiger charge is 2.06. The van der Waals surface area contributed by atoms with Crippen LogP contribution in [0.1, 0.15) is 6.92 Å². The molecule has 7 heavy (non-hydrogen) atoms. The molecule has 0 aromatic heterocycles. The monoisotopic (exact) mass is 104 g/mol. The molecule has 3 N–H and O–H groups in total. The van der Waals surface area contributed by atoms with Crippen molar-refractivity contribution < 1.29 is 5.11 Å². The second-order valence-corrected chi connectivity index (χ2v) is 1.34. The van der Waals surface area contributed by atoms with E-state index in [4.69, 9.17) is 10.8 Å². The van der Waals surface area contributed by atoms with Crippen LogP contribution in [0.15, 0.2) is 5.18 Å². The highest BCUT2D eigenvalue weighted by atomic mass is 16.3. The third-order valence-corrected chi connectivity index (χ3v) is 0.616. The van der Waals surface area contributed by atoms with Gasteiger partial charge in [0, 0.05) is 0 Å². The Bertz CT molecular complexity index is 64.0. The fourth-order valence-electron chi connectivity index (χ4n) is 0.0881. The van der Waals surface area contributed by atoms with Crippen LogP contribution in [-0.2, 0) is 0 Å². The Kier molecular flexibility index (Phi) is 2.47. The molecular formula is C3H8N2O2. The van der Waals surface area contributed by atoms with E-state index in [0.717, 1.165) is 0 Å². The van der Waals surface area contributed by atoms with Crippen molar-refractivity contribution in [1.82, 2.24) is 0 Å². The highest BCUT2D eigenvalue weighted by Crippen LogP contribution is 1.86. The first-order valence-electron chi connectivity index (χ1n) is 1.94. The quantitative estimate of drug-likeness (QED) is 0.460. The van der Waals surface area contributed by atoms with Crippen molar-refractivity contribution in [3.8, 4) is 0 Å². The number of rotatable bonds is 2. The zero-order valence-corrected chi connectivity index (χ0v) is 4.03. The lowest BCUT2D eigenvalue weighted by atomic mass is 10.3. The van der Waals surface area contributed by atoms with Gasteiger partial charge in [-0.2, -0.15) is 0 Å². The molecule has 0 aliphatic rings. The summed E-state index contributed by atoms with van der Waals surface area (Å²) in [5.74, 6) is 0. The molecule has 4 heteroatoms. The summed E-state index contributed by atoms with van der Waals surface area (Å²) in [4.78, 5) is 9.41. The smallest absolute Gasteiger partial charge is 0.165 e. The molecule has 0 bridgehead atoms. The van der Waals surface area contributed by atoms with Crippen molar-refractivity contribution in [2.45, 2.75) is 19.2 Å². The third kappa shape index (κ3) is 2.24. The van der Waals surface area contributed by atoms with Crippen LogP contribution in [0.2, 0.25) is 0 Å². The minimum Gasteiger partial charge on any atom is -0.390 e. The Morgan fingerprint density at radius 3 is 2.29 bits per heavy atom. The number of hydrogen-bond donors (Lipinski definition) is 2. The maximum atomic E-state index is 9.41. The normalized spacial score (nSPS) is 18.1. The van der Waals surface area contributed by atoms with E-state index < -0.39 is 12.3 Å². The molecule has 0 radical (unpaired) electrons. The van der Waals surface area contributed by atoms with Crippen molar-refractivity contribution >= 4 is 0 Å². The van der Waals surface area contributed by atoms with Crippen molar-refractivity contribution in [2.75, 3.05) is 0 Å². The average molecular weight is 104 g/mol. The largest absolute Gasteiger partial charge is 0.390 e. The standard InChI is InChI=1S/C3H8N2O2/c1-2(6)3(4)5-7/h2-3,6H,4H2,1H3/t2?,3-/m1/s1. The van der Waals surface area contributed by atoms with Gasteiger partial charge in [-0.1, -0.05) is 0 Å². The predicted molar refractivity (Wildman–Crippen MR) is 25.5 cm³/mol. The summed E-state index contributed by atoms with van der Waals surface area (Å²) < 4.78 is 0. The molecule has 0 aliphatic heterocycles. The number of nitrogens with zero attached hydrogens (tertiary/aromatic N) is 1. The second-order valence-electron chi connectivity index (χ2n) is 1.34. The molecule has 2 atom stereocenters. The van der Waals surface area contributed by atoms with E-state index in [9.17, 15) is 4.91 Å². The van der Waals surface area contributed by atoms with E-state index in [1.807, 2.05) is 0 Å². The summed E-state index contributed by atoms with van der Waals surface area (Å²) in [6.45, 7) is 1.41. The topological polar surface area (TPSA) is 75.7 Å². The fourth-order valence-corrected chi connectivity index (χ4v) is 0.0881. The molecule has 42 valence electrons. The van der Waals surface area contributed by atoms with Crippen LogP contribution in [0.3, 0.4) is 0 Å². The molecule has 0 spiro atoms. The van der Waals surface area contributed by atoms with Crippen molar-refractivity contribution in [3.63, 3.8) is 0 Å². The zero-order valence-electron chi connectivity index (χ0n) is 4.03. The molecule has 1 unspecified atom stereocenters. The molecule has 4 nitrogen and oxygen atoms in total. The van der Waals surface area contributed by atoms with Crippen LogP contribution in [0.25, 0.3) is 0 Å². The fraction of sp³-hybridized carbons (Fsp3) is 1.00. The van der Waals surface area contributed by atoms with Crippen LogP contribution in [0.4, 0.5) is 0 Å². The van der Waals surface area contributed by atoms with E-state index in [0.29, 0.717) is 0 Å². The van der Waals surface area contributed by atoms with Crippen LogP contribution in [0, 0.1) is 4.91 Å². The van der Waals surface area contributed by atoms with Gasteiger partial charge in [0.05, 0.1) is 6.10 Å². The van der Waals surface area contributed by atoms with Gasteiger partial charge >= 0.3 is 0 Å². The lowest BCUT2D eigenvalue weighted by molar-refractivity contribution is 0.166. The first-order chi connectivity index (χ1) is 3.18. The Labute approximate surface area is 41.3 Å². The van der Waals surface area contributed by atoms with Crippen molar-refractivity contribution in [1.29, 1.82) is 0 Å². The minimum absolute atomic E-state index is 0.836. The van der Waals surface area contributed by atoms with Crippen LogP contribution in [-0.4, -0.2) is 17.4 Å². The van der Waals surface area contributed by atoms with Gasteiger partial charge in [0.2, 0.25) is 0 Å². The minimum atomic E-state index is -0.972. The van der Waals surface area contributed by atoms with Gasteiger partial charge in [-0.05, 0) is 12.1 Å². The van der Waals surface area contributed by atoms with Gasteiger partial charge in [0.25, 0.3) is 0 Å². The highest BCUT2D eigenvalue weighted by molar-refractivity contribution is 4.61. The number of nitroso groups, excluding NO2 is 1. The molecule has 0 saturated carbocycles. The van der Waals surface area contributed by atoms with E-state index in [2.05, 4.69) is 5.18 Å². The second kappa shape index (κ2) is 2.65. The van der Waals surface area contributed by atoms with Gasteiger partial charge in [-0.25, -0.2) is 0 Å². The number of aliphatic hydroxyl groups excluding tert-OH is 1. The third-order valence-electron chi connectivity index (χ3n) is 0.616. The molecule has 0 fully saturated rings. The number of hydrogen-bond acceptors (Lipinski definition) is 4.